The van der Waals surface area contributed by atoms with E-state index in [2.05, 4.69) is 14.9 Å². The highest BCUT2D eigenvalue weighted by Crippen LogP contribution is 2.31. The summed E-state index contributed by atoms with van der Waals surface area (Å²) in [6, 6.07) is 7.69. The number of sulfonamides is 1. The van der Waals surface area contributed by atoms with Gasteiger partial charge in [-0.05, 0) is 38.8 Å². The van der Waals surface area contributed by atoms with Gasteiger partial charge < -0.3 is 4.90 Å². The van der Waals surface area contributed by atoms with Gasteiger partial charge in [0.05, 0.1) is 17.9 Å². The highest BCUT2D eigenvalue weighted by molar-refractivity contribution is 7.89. The molecule has 1 unspecified atom stereocenters. The predicted molar refractivity (Wildman–Crippen MR) is 90.3 cm³/mol. The van der Waals surface area contributed by atoms with Crippen molar-refractivity contribution in [3.05, 3.63) is 41.2 Å². The first kappa shape index (κ1) is 16.7. The Labute approximate surface area is 141 Å². The molecule has 2 N–H and O–H groups in total. The second-order valence-corrected chi connectivity index (χ2v) is 7.74. The zero-order chi connectivity index (χ0) is 17.5. The smallest absolute Gasteiger partial charge is 0.244 e. The standard InChI is InChI=1S/C16H20N4O3S/c1-10-8-13-6-4-5-7-14(13)20(10)15(21)9-17-24(22,23)16-11(2)18-19-12(16)3/h4-7,10,17H,8-9H2,1-3H3,(H,18,19). The van der Waals surface area contributed by atoms with E-state index in [0.29, 0.717) is 11.4 Å². The number of aromatic nitrogens is 2. The molecule has 0 saturated carbocycles. The molecule has 1 atom stereocenters. The Hall–Kier alpha value is -2.19. The summed E-state index contributed by atoms with van der Waals surface area (Å²) in [4.78, 5) is 14.3. The number of aromatic amines is 1. The first-order valence-corrected chi connectivity index (χ1v) is 9.21. The maximum absolute atomic E-state index is 12.6. The number of benzene rings is 1. The van der Waals surface area contributed by atoms with Crippen LogP contribution < -0.4 is 9.62 Å². The first-order chi connectivity index (χ1) is 11.3. The Morgan fingerprint density at radius 3 is 2.75 bits per heavy atom. The summed E-state index contributed by atoms with van der Waals surface area (Å²) in [6.45, 7) is 4.91. The number of nitrogens with one attached hydrogen (secondary N) is 2. The van der Waals surface area contributed by atoms with E-state index in [-0.39, 0.29) is 23.4 Å². The minimum Gasteiger partial charge on any atom is -0.308 e. The van der Waals surface area contributed by atoms with Gasteiger partial charge >= 0.3 is 0 Å². The zero-order valence-corrected chi connectivity index (χ0v) is 14.6. The number of carbonyl (C=O) groups is 1. The van der Waals surface area contributed by atoms with Crippen LogP contribution in [0.1, 0.15) is 23.9 Å². The summed E-state index contributed by atoms with van der Waals surface area (Å²) < 4.78 is 27.3. The molecule has 1 aromatic carbocycles. The fourth-order valence-electron chi connectivity index (χ4n) is 3.20. The molecule has 24 heavy (non-hydrogen) atoms. The van der Waals surface area contributed by atoms with Crippen LogP contribution in [0.15, 0.2) is 29.2 Å². The van der Waals surface area contributed by atoms with Crippen molar-refractivity contribution in [2.24, 2.45) is 0 Å². The Morgan fingerprint density at radius 2 is 2.08 bits per heavy atom. The molecule has 3 rings (SSSR count). The molecule has 128 valence electrons. The minimum absolute atomic E-state index is 0.0109. The lowest BCUT2D eigenvalue weighted by atomic mass is 10.1. The summed E-state index contributed by atoms with van der Waals surface area (Å²) in [5, 5.41) is 6.53. The number of para-hydroxylation sites is 1. The Morgan fingerprint density at radius 1 is 1.38 bits per heavy atom. The predicted octanol–water partition coefficient (Wildman–Crippen LogP) is 1.28. The second-order valence-electron chi connectivity index (χ2n) is 6.03. The number of fused-ring (bicyclic) bond motifs is 1. The van der Waals surface area contributed by atoms with E-state index in [9.17, 15) is 13.2 Å². The van der Waals surface area contributed by atoms with Crippen LogP contribution in [0.25, 0.3) is 0 Å². The number of amides is 1. The van der Waals surface area contributed by atoms with Crippen LogP contribution >= 0.6 is 0 Å². The molecule has 0 radical (unpaired) electrons. The quantitative estimate of drug-likeness (QED) is 0.870. The maximum Gasteiger partial charge on any atom is 0.244 e. The highest BCUT2D eigenvalue weighted by Gasteiger charge is 2.31. The lowest BCUT2D eigenvalue weighted by Crippen LogP contribution is -2.43. The van der Waals surface area contributed by atoms with Gasteiger partial charge in [-0.15, -0.1) is 0 Å². The van der Waals surface area contributed by atoms with Crippen LogP contribution in [0.5, 0.6) is 0 Å². The molecule has 1 amide bonds. The molecular weight excluding hydrogens is 328 g/mol. The number of nitrogens with zero attached hydrogens (tertiary/aromatic N) is 2. The molecule has 1 aliphatic heterocycles. The number of carbonyl (C=O) groups excluding carboxylic acids is 1. The van der Waals surface area contributed by atoms with E-state index < -0.39 is 10.0 Å². The number of anilines is 1. The average molecular weight is 348 g/mol. The van der Waals surface area contributed by atoms with Gasteiger partial charge in [-0.25, -0.2) is 13.1 Å². The van der Waals surface area contributed by atoms with E-state index in [1.807, 2.05) is 31.2 Å². The van der Waals surface area contributed by atoms with Crippen LogP contribution in [0.2, 0.25) is 0 Å². The third-order valence-electron chi connectivity index (χ3n) is 4.22. The molecule has 0 bridgehead atoms. The Balaban J connectivity index is 1.77. The molecule has 0 saturated heterocycles. The molecule has 0 fully saturated rings. The lowest BCUT2D eigenvalue weighted by Gasteiger charge is -2.22. The topological polar surface area (TPSA) is 95.2 Å². The number of hydrogen-bond donors (Lipinski definition) is 2. The van der Waals surface area contributed by atoms with Crippen molar-refractivity contribution in [2.45, 2.75) is 38.1 Å². The molecular formula is C16H20N4O3S. The van der Waals surface area contributed by atoms with Crippen molar-refractivity contribution >= 4 is 21.6 Å². The molecule has 0 aliphatic carbocycles. The lowest BCUT2D eigenvalue weighted by molar-refractivity contribution is -0.117. The molecule has 2 aromatic rings. The fourth-order valence-corrected chi connectivity index (χ4v) is 4.54. The molecule has 1 aromatic heterocycles. The van der Waals surface area contributed by atoms with Gasteiger partial charge in [0.25, 0.3) is 0 Å². The molecule has 7 nitrogen and oxygen atoms in total. The molecule has 2 heterocycles. The van der Waals surface area contributed by atoms with Gasteiger partial charge in [0, 0.05) is 11.7 Å². The van der Waals surface area contributed by atoms with Crippen LogP contribution in [-0.2, 0) is 21.2 Å². The fraction of sp³-hybridized carbons (Fsp3) is 0.375. The Kier molecular flexibility index (Phi) is 4.18. The molecule has 0 spiro atoms. The molecule has 8 heteroatoms. The SMILES string of the molecule is Cc1n[nH]c(C)c1S(=O)(=O)NCC(=O)N1c2ccccc2CC1C. The van der Waals surface area contributed by atoms with E-state index in [1.165, 1.54) is 0 Å². The number of H-pyrrole nitrogens is 1. The average Bonchev–Trinajstić information content (AvgIpc) is 3.04. The highest BCUT2D eigenvalue weighted by atomic mass is 32.2. The second kappa shape index (κ2) is 6.03. The summed E-state index contributed by atoms with van der Waals surface area (Å²) in [7, 11) is -3.79. The van der Waals surface area contributed by atoms with Gasteiger partial charge in [0.2, 0.25) is 15.9 Å². The van der Waals surface area contributed by atoms with Crippen molar-refractivity contribution in [1.29, 1.82) is 0 Å². The third kappa shape index (κ3) is 2.83. The van der Waals surface area contributed by atoms with Crippen LogP contribution in [0.3, 0.4) is 0 Å². The van der Waals surface area contributed by atoms with E-state index >= 15 is 0 Å². The largest absolute Gasteiger partial charge is 0.308 e. The minimum atomic E-state index is -3.79. The van der Waals surface area contributed by atoms with Gasteiger partial charge in [0.15, 0.2) is 0 Å². The summed E-state index contributed by atoms with van der Waals surface area (Å²) >= 11 is 0. The normalized spacial score (nSPS) is 17.1. The number of hydrogen-bond acceptors (Lipinski definition) is 4. The van der Waals surface area contributed by atoms with Crippen molar-refractivity contribution in [2.75, 3.05) is 11.4 Å². The number of rotatable bonds is 4. The third-order valence-corrected chi connectivity index (χ3v) is 5.88. The van der Waals surface area contributed by atoms with Crippen molar-refractivity contribution in [3.8, 4) is 0 Å². The summed E-state index contributed by atoms with van der Waals surface area (Å²) in [5.41, 5.74) is 2.78. The first-order valence-electron chi connectivity index (χ1n) is 7.72. The van der Waals surface area contributed by atoms with Crippen molar-refractivity contribution < 1.29 is 13.2 Å². The van der Waals surface area contributed by atoms with Gasteiger partial charge in [-0.2, -0.15) is 5.10 Å². The maximum atomic E-state index is 12.6. The van der Waals surface area contributed by atoms with E-state index in [1.54, 1.807) is 18.7 Å². The summed E-state index contributed by atoms with van der Waals surface area (Å²) in [5.74, 6) is -0.269. The van der Waals surface area contributed by atoms with E-state index in [4.69, 9.17) is 0 Å². The zero-order valence-electron chi connectivity index (χ0n) is 13.8. The van der Waals surface area contributed by atoms with Crippen LogP contribution in [-0.4, -0.2) is 37.1 Å². The monoisotopic (exact) mass is 348 g/mol. The van der Waals surface area contributed by atoms with Crippen LogP contribution in [0.4, 0.5) is 5.69 Å². The number of aryl methyl sites for hydroxylation is 2. The molecule has 1 aliphatic rings. The van der Waals surface area contributed by atoms with Crippen molar-refractivity contribution in [3.63, 3.8) is 0 Å². The Bertz CT molecular complexity index is 869. The van der Waals surface area contributed by atoms with Gasteiger partial charge in [-0.3, -0.25) is 9.89 Å². The van der Waals surface area contributed by atoms with E-state index in [0.717, 1.165) is 17.7 Å². The van der Waals surface area contributed by atoms with Crippen LogP contribution in [0, 0.1) is 13.8 Å². The van der Waals surface area contributed by atoms with Gasteiger partial charge in [0.1, 0.15) is 4.90 Å². The van der Waals surface area contributed by atoms with Crippen molar-refractivity contribution in [1.82, 2.24) is 14.9 Å². The summed E-state index contributed by atoms with van der Waals surface area (Å²) in [6.07, 6.45) is 0.772. The van der Waals surface area contributed by atoms with Gasteiger partial charge in [-0.1, -0.05) is 18.2 Å².